The van der Waals surface area contributed by atoms with Crippen LogP contribution >= 0.6 is 0 Å². The standard InChI is InChI=1S/C25H30N4O3S/c1-5-32-22-8-6-21(7-9-22)23-16-24(27-17-26-23)28-10-12-29(13-11-28)33(30,31)25-19(3)14-18(2)15-20(25)4/h6-9,14-17H,5,10-13H2,1-4H3. The maximum atomic E-state index is 13.4. The third kappa shape index (κ3) is 4.86. The lowest BCUT2D eigenvalue weighted by Gasteiger charge is -2.35. The van der Waals surface area contributed by atoms with E-state index in [1.807, 2.05) is 70.2 Å². The van der Waals surface area contributed by atoms with Crippen molar-refractivity contribution in [3.8, 4) is 17.0 Å². The van der Waals surface area contributed by atoms with Crippen LogP contribution in [-0.2, 0) is 10.0 Å². The number of aryl methyl sites for hydroxylation is 3. The highest BCUT2D eigenvalue weighted by Crippen LogP contribution is 2.28. The van der Waals surface area contributed by atoms with Crippen molar-refractivity contribution < 1.29 is 13.2 Å². The molecule has 0 bridgehead atoms. The Morgan fingerprint density at radius 1 is 0.909 bits per heavy atom. The van der Waals surface area contributed by atoms with Crippen LogP contribution in [0.25, 0.3) is 11.3 Å². The number of sulfonamides is 1. The lowest BCUT2D eigenvalue weighted by Crippen LogP contribution is -2.49. The second-order valence-electron chi connectivity index (χ2n) is 8.34. The predicted molar refractivity (Wildman–Crippen MR) is 130 cm³/mol. The van der Waals surface area contributed by atoms with Crippen molar-refractivity contribution in [2.45, 2.75) is 32.6 Å². The van der Waals surface area contributed by atoms with Crippen LogP contribution in [0.5, 0.6) is 5.75 Å². The first-order valence-electron chi connectivity index (χ1n) is 11.2. The van der Waals surface area contributed by atoms with Crippen LogP contribution < -0.4 is 9.64 Å². The first-order valence-corrected chi connectivity index (χ1v) is 12.6. The molecular formula is C25H30N4O3S. The molecule has 1 saturated heterocycles. The van der Waals surface area contributed by atoms with Crippen LogP contribution in [0.2, 0.25) is 0 Å². The molecule has 3 aromatic rings. The summed E-state index contributed by atoms with van der Waals surface area (Å²) in [6.45, 7) is 10.3. The van der Waals surface area contributed by atoms with Gasteiger partial charge >= 0.3 is 0 Å². The van der Waals surface area contributed by atoms with Gasteiger partial charge in [-0.1, -0.05) is 17.7 Å². The van der Waals surface area contributed by atoms with Gasteiger partial charge in [0.05, 0.1) is 17.2 Å². The smallest absolute Gasteiger partial charge is 0.243 e. The molecule has 1 aliphatic rings. The van der Waals surface area contributed by atoms with Crippen molar-refractivity contribution in [1.29, 1.82) is 0 Å². The van der Waals surface area contributed by atoms with E-state index in [0.717, 1.165) is 39.5 Å². The summed E-state index contributed by atoms with van der Waals surface area (Å²) in [5.74, 6) is 1.63. The lowest BCUT2D eigenvalue weighted by atomic mass is 10.1. The minimum atomic E-state index is -3.54. The molecule has 0 N–H and O–H groups in total. The quantitative estimate of drug-likeness (QED) is 0.547. The number of benzene rings is 2. The van der Waals surface area contributed by atoms with Gasteiger partial charge in [0.1, 0.15) is 17.9 Å². The van der Waals surface area contributed by atoms with E-state index in [-0.39, 0.29) is 0 Å². The highest BCUT2D eigenvalue weighted by atomic mass is 32.2. The first kappa shape index (κ1) is 23.2. The molecule has 2 aromatic carbocycles. The summed E-state index contributed by atoms with van der Waals surface area (Å²) in [5.41, 5.74) is 4.47. The molecule has 1 fully saturated rings. The summed E-state index contributed by atoms with van der Waals surface area (Å²) in [6, 6.07) is 13.6. The van der Waals surface area contributed by atoms with Crippen molar-refractivity contribution in [3.63, 3.8) is 0 Å². The molecule has 0 aliphatic carbocycles. The van der Waals surface area contributed by atoms with Crippen LogP contribution in [0.3, 0.4) is 0 Å². The summed E-state index contributed by atoms with van der Waals surface area (Å²) < 4.78 is 33.8. The molecule has 33 heavy (non-hydrogen) atoms. The van der Waals surface area contributed by atoms with E-state index in [2.05, 4.69) is 14.9 Å². The van der Waals surface area contributed by atoms with Crippen LogP contribution in [0.4, 0.5) is 5.82 Å². The molecule has 7 nitrogen and oxygen atoms in total. The summed E-state index contributed by atoms with van der Waals surface area (Å²) in [4.78, 5) is 11.4. The summed E-state index contributed by atoms with van der Waals surface area (Å²) in [5, 5.41) is 0. The van der Waals surface area contributed by atoms with Gasteiger partial charge in [-0.15, -0.1) is 0 Å². The van der Waals surface area contributed by atoms with Crippen LogP contribution in [0.15, 0.2) is 53.7 Å². The zero-order chi connectivity index (χ0) is 23.6. The second kappa shape index (κ2) is 9.49. The van der Waals surface area contributed by atoms with Crippen molar-refractivity contribution in [1.82, 2.24) is 14.3 Å². The highest BCUT2D eigenvalue weighted by Gasteiger charge is 2.31. The molecule has 8 heteroatoms. The maximum absolute atomic E-state index is 13.4. The normalized spacial score (nSPS) is 15.0. The minimum absolute atomic E-state index is 0.414. The van der Waals surface area contributed by atoms with Gasteiger partial charge in [-0.3, -0.25) is 0 Å². The van der Waals surface area contributed by atoms with Gasteiger partial charge in [-0.05, 0) is 63.1 Å². The Balaban J connectivity index is 1.49. The molecule has 1 aromatic heterocycles. The lowest BCUT2D eigenvalue weighted by molar-refractivity contribution is 0.340. The van der Waals surface area contributed by atoms with Gasteiger partial charge in [0.2, 0.25) is 10.0 Å². The number of hydrogen-bond donors (Lipinski definition) is 0. The first-order chi connectivity index (χ1) is 15.8. The summed E-state index contributed by atoms with van der Waals surface area (Å²) >= 11 is 0. The number of piperazine rings is 1. The third-order valence-corrected chi connectivity index (χ3v) is 8.08. The zero-order valence-electron chi connectivity index (χ0n) is 19.6. The van der Waals surface area contributed by atoms with Crippen LogP contribution in [0.1, 0.15) is 23.6 Å². The second-order valence-corrected chi connectivity index (χ2v) is 10.2. The topological polar surface area (TPSA) is 75.6 Å². The molecule has 1 aliphatic heterocycles. The molecule has 0 amide bonds. The van der Waals surface area contributed by atoms with Gasteiger partial charge in [-0.25, -0.2) is 18.4 Å². The molecule has 0 unspecified atom stereocenters. The van der Waals surface area contributed by atoms with Crippen molar-refractivity contribution in [2.75, 3.05) is 37.7 Å². The summed E-state index contributed by atoms with van der Waals surface area (Å²) in [6.07, 6.45) is 1.56. The van der Waals surface area contributed by atoms with Crippen molar-refractivity contribution >= 4 is 15.8 Å². The number of nitrogens with zero attached hydrogens (tertiary/aromatic N) is 4. The van der Waals surface area contributed by atoms with Gasteiger partial charge in [-0.2, -0.15) is 4.31 Å². The minimum Gasteiger partial charge on any atom is -0.494 e. The number of hydrogen-bond acceptors (Lipinski definition) is 6. The highest BCUT2D eigenvalue weighted by molar-refractivity contribution is 7.89. The van der Waals surface area contributed by atoms with Gasteiger partial charge < -0.3 is 9.64 Å². The number of anilines is 1. The van der Waals surface area contributed by atoms with E-state index in [1.165, 1.54) is 0 Å². The van der Waals surface area contributed by atoms with Gasteiger partial charge in [0, 0.05) is 37.8 Å². The Bertz CT molecular complexity index is 1210. The summed E-state index contributed by atoms with van der Waals surface area (Å²) in [7, 11) is -3.54. The number of ether oxygens (including phenoxy) is 1. The fourth-order valence-corrected chi connectivity index (χ4v) is 6.26. The van der Waals surface area contributed by atoms with E-state index in [0.29, 0.717) is 37.7 Å². The molecule has 4 rings (SSSR count). The number of aromatic nitrogens is 2. The van der Waals surface area contributed by atoms with Crippen molar-refractivity contribution in [3.05, 3.63) is 65.5 Å². The number of rotatable bonds is 6. The van der Waals surface area contributed by atoms with E-state index in [9.17, 15) is 8.42 Å². The molecular weight excluding hydrogens is 436 g/mol. The monoisotopic (exact) mass is 466 g/mol. The fourth-order valence-electron chi connectivity index (χ4n) is 4.43. The molecule has 0 radical (unpaired) electrons. The largest absolute Gasteiger partial charge is 0.494 e. The average molecular weight is 467 g/mol. The Morgan fingerprint density at radius 2 is 1.55 bits per heavy atom. The molecule has 2 heterocycles. The molecule has 0 spiro atoms. The third-order valence-electron chi connectivity index (χ3n) is 5.88. The van der Waals surface area contributed by atoms with Gasteiger partial charge in [0.15, 0.2) is 0 Å². The molecule has 0 saturated carbocycles. The Morgan fingerprint density at radius 3 is 2.15 bits per heavy atom. The van der Waals surface area contributed by atoms with E-state index in [1.54, 1.807) is 10.6 Å². The molecule has 0 atom stereocenters. The predicted octanol–water partition coefficient (Wildman–Crippen LogP) is 3.98. The zero-order valence-corrected chi connectivity index (χ0v) is 20.4. The molecule has 174 valence electrons. The van der Waals surface area contributed by atoms with Crippen LogP contribution in [-0.4, -0.2) is 55.5 Å². The van der Waals surface area contributed by atoms with E-state index < -0.39 is 10.0 Å². The fraction of sp³-hybridized carbons (Fsp3) is 0.360. The van der Waals surface area contributed by atoms with E-state index in [4.69, 9.17) is 4.74 Å². The maximum Gasteiger partial charge on any atom is 0.243 e. The SMILES string of the molecule is CCOc1ccc(-c2cc(N3CCN(S(=O)(=O)c4c(C)cc(C)cc4C)CC3)ncn2)cc1. The van der Waals surface area contributed by atoms with E-state index >= 15 is 0 Å². The Hall–Kier alpha value is -2.97. The van der Waals surface area contributed by atoms with Crippen LogP contribution in [0, 0.1) is 20.8 Å². The van der Waals surface area contributed by atoms with Gasteiger partial charge in [0.25, 0.3) is 0 Å². The van der Waals surface area contributed by atoms with Crippen molar-refractivity contribution in [2.24, 2.45) is 0 Å². The Labute approximate surface area is 196 Å². The average Bonchev–Trinajstić information content (AvgIpc) is 2.79. The Kier molecular flexibility index (Phi) is 6.67.